The fourth-order valence-corrected chi connectivity index (χ4v) is 1.13. The molecule has 1 N–H and O–H groups in total. The molecule has 1 rings (SSSR count). The number of aliphatic carboxylic acids is 1. The van der Waals surface area contributed by atoms with Crippen LogP contribution in [-0.2, 0) is 4.79 Å². The van der Waals surface area contributed by atoms with E-state index >= 15 is 0 Å². The Balaban J connectivity index is 0.000000671. The van der Waals surface area contributed by atoms with Gasteiger partial charge in [-0.05, 0) is 18.8 Å². The highest BCUT2D eigenvalue weighted by Gasteiger charge is 2.05. The third-order valence-corrected chi connectivity index (χ3v) is 1.73. The molecule has 0 saturated carbocycles. The van der Waals surface area contributed by atoms with Gasteiger partial charge in [0, 0.05) is 6.42 Å². The van der Waals surface area contributed by atoms with Crippen molar-refractivity contribution in [1.29, 1.82) is 0 Å². The molecular formula is C11H18O2. The van der Waals surface area contributed by atoms with Gasteiger partial charge >= 0.3 is 5.97 Å². The van der Waals surface area contributed by atoms with Crippen LogP contribution in [0.5, 0.6) is 0 Å². The second-order valence-corrected chi connectivity index (χ2v) is 2.69. The quantitative estimate of drug-likeness (QED) is 0.681. The summed E-state index contributed by atoms with van der Waals surface area (Å²) in [5, 5.41) is 8.40. The monoisotopic (exact) mass is 182 g/mol. The van der Waals surface area contributed by atoms with Gasteiger partial charge in [0.1, 0.15) is 0 Å². The number of carbonyl (C=O) groups is 1. The normalized spacial score (nSPS) is 14.9. The summed E-state index contributed by atoms with van der Waals surface area (Å²) < 4.78 is 0. The number of rotatable bonds is 3. The minimum absolute atomic E-state index is 0.263. The molecule has 0 unspecified atom stereocenters. The molecule has 0 atom stereocenters. The molecule has 74 valence electrons. The summed E-state index contributed by atoms with van der Waals surface area (Å²) in [6, 6.07) is 0. The van der Waals surface area contributed by atoms with Crippen molar-refractivity contribution >= 4 is 5.97 Å². The zero-order valence-electron chi connectivity index (χ0n) is 8.36. The van der Waals surface area contributed by atoms with Gasteiger partial charge in [0.2, 0.25) is 0 Å². The van der Waals surface area contributed by atoms with Crippen molar-refractivity contribution in [3.63, 3.8) is 0 Å². The van der Waals surface area contributed by atoms with Gasteiger partial charge in [0.15, 0.2) is 0 Å². The summed E-state index contributed by atoms with van der Waals surface area (Å²) >= 11 is 0. The Morgan fingerprint density at radius 3 is 2.38 bits per heavy atom. The summed E-state index contributed by atoms with van der Waals surface area (Å²) in [5.41, 5.74) is 0. The molecule has 0 saturated heterocycles. The lowest BCUT2D eigenvalue weighted by molar-refractivity contribution is -0.137. The van der Waals surface area contributed by atoms with Gasteiger partial charge in [-0.1, -0.05) is 38.2 Å². The maximum Gasteiger partial charge on any atom is 0.303 e. The summed E-state index contributed by atoms with van der Waals surface area (Å²) in [7, 11) is 0. The first-order valence-corrected chi connectivity index (χ1v) is 4.84. The highest BCUT2D eigenvalue weighted by atomic mass is 16.4. The van der Waals surface area contributed by atoms with Crippen LogP contribution in [0.25, 0.3) is 0 Å². The predicted molar refractivity (Wildman–Crippen MR) is 54.6 cm³/mol. The van der Waals surface area contributed by atoms with Gasteiger partial charge in [-0.25, -0.2) is 0 Å². The predicted octanol–water partition coefficient (Wildman–Crippen LogP) is 3.01. The van der Waals surface area contributed by atoms with Gasteiger partial charge < -0.3 is 5.11 Å². The molecule has 0 aromatic heterocycles. The summed E-state index contributed by atoms with van der Waals surface area (Å²) in [6.45, 7) is 4.00. The lowest BCUT2D eigenvalue weighted by Crippen LogP contribution is -2.00. The highest BCUT2D eigenvalue weighted by molar-refractivity contribution is 5.66. The molecule has 1 aliphatic rings. The lowest BCUT2D eigenvalue weighted by atomic mass is 9.98. The van der Waals surface area contributed by atoms with Gasteiger partial charge in [0.05, 0.1) is 0 Å². The van der Waals surface area contributed by atoms with E-state index in [2.05, 4.69) is 24.3 Å². The van der Waals surface area contributed by atoms with Gasteiger partial charge in [0.25, 0.3) is 0 Å². The molecule has 0 amide bonds. The second-order valence-electron chi connectivity index (χ2n) is 2.69. The van der Waals surface area contributed by atoms with Crippen molar-refractivity contribution in [2.75, 3.05) is 0 Å². The Labute approximate surface area is 80.0 Å². The van der Waals surface area contributed by atoms with E-state index < -0.39 is 5.97 Å². The topological polar surface area (TPSA) is 37.3 Å². The maximum atomic E-state index is 10.2. The number of hydrogen-bond donors (Lipinski definition) is 1. The molecule has 2 heteroatoms. The minimum Gasteiger partial charge on any atom is -0.481 e. The third-order valence-electron chi connectivity index (χ3n) is 1.73. The Morgan fingerprint density at radius 2 is 1.92 bits per heavy atom. The fraction of sp³-hybridized carbons (Fsp3) is 0.545. The Kier molecular flexibility index (Phi) is 6.98. The SMILES string of the molecule is CC.O=C(O)CCC1C=CCC=C1. The molecule has 0 heterocycles. The molecule has 1 aliphatic carbocycles. The minimum atomic E-state index is -0.711. The van der Waals surface area contributed by atoms with Gasteiger partial charge in [-0.3, -0.25) is 4.79 Å². The Morgan fingerprint density at radius 1 is 1.38 bits per heavy atom. The molecule has 2 nitrogen and oxygen atoms in total. The average Bonchev–Trinajstić information content (AvgIpc) is 2.19. The zero-order chi connectivity index (χ0) is 10.1. The number of carboxylic acids is 1. The largest absolute Gasteiger partial charge is 0.481 e. The molecule has 0 fully saturated rings. The number of allylic oxidation sites excluding steroid dienone is 4. The van der Waals surface area contributed by atoms with Crippen molar-refractivity contribution in [1.82, 2.24) is 0 Å². The van der Waals surface area contributed by atoms with Gasteiger partial charge in [-0.15, -0.1) is 0 Å². The van der Waals surface area contributed by atoms with E-state index in [4.69, 9.17) is 5.11 Å². The molecule has 0 spiro atoms. The van der Waals surface area contributed by atoms with Crippen molar-refractivity contribution in [2.24, 2.45) is 5.92 Å². The van der Waals surface area contributed by atoms with Crippen LogP contribution in [0.3, 0.4) is 0 Å². The van der Waals surface area contributed by atoms with Crippen LogP contribution in [0.15, 0.2) is 24.3 Å². The van der Waals surface area contributed by atoms with Crippen molar-refractivity contribution in [2.45, 2.75) is 33.1 Å². The first-order chi connectivity index (χ1) is 6.29. The standard InChI is InChI=1S/C9H12O2.C2H6/c10-9(11)7-6-8-4-2-1-3-5-8;1-2/h2-5,8H,1,6-7H2,(H,10,11);1-2H3. The molecule has 13 heavy (non-hydrogen) atoms. The van der Waals surface area contributed by atoms with E-state index in [1.165, 1.54) is 0 Å². The Hall–Kier alpha value is -1.05. The van der Waals surface area contributed by atoms with Crippen LogP contribution in [0.4, 0.5) is 0 Å². The molecule has 0 aliphatic heterocycles. The molecule has 0 aromatic rings. The smallest absolute Gasteiger partial charge is 0.303 e. The second kappa shape index (κ2) is 7.59. The molecular weight excluding hydrogens is 164 g/mol. The van der Waals surface area contributed by atoms with E-state index in [0.717, 1.165) is 12.8 Å². The third kappa shape index (κ3) is 6.14. The zero-order valence-corrected chi connectivity index (χ0v) is 8.36. The van der Waals surface area contributed by atoms with Crippen LogP contribution in [0.2, 0.25) is 0 Å². The van der Waals surface area contributed by atoms with Crippen molar-refractivity contribution < 1.29 is 9.90 Å². The van der Waals surface area contributed by atoms with Gasteiger partial charge in [-0.2, -0.15) is 0 Å². The average molecular weight is 182 g/mol. The summed E-state index contributed by atoms with van der Waals surface area (Å²) in [4.78, 5) is 10.2. The van der Waals surface area contributed by atoms with Crippen LogP contribution in [0, 0.1) is 5.92 Å². The molecule has 0 bridgehead atoms. The van der Waals surface area contributed by atoms with E-state index in [0.29, 0.717) is 5.92 Å². The summed E-state index contributed by atoms with van der Waals surface area (Å²) in [5.74, 6) is -0.364. The van der Waals surface area contributed by atoms with E-state index in [9.17, 15) is 4.79 Å². The van der Waals surface area contributed by atoms with E-state index in [1.807, 2.05) is 13.8 Å². The van der Waals surface area contributed by atoms with Crippen LogP contribution >= 0.6 is 0 Å². The Bertz CT molecular complexity index is 180. The maximum absolute atomic E-state index is 10.2. The van der Waals surface area contributed by atoms with E-state index in [1.54, 1.807) is 0 Å². The van der Waals surface area contributed by atoms with Crippen molar-refractivity contribution in [3.8, 4) is 0 Å². The van der Waals surface area contributed by atoms with E-state index in [-0.39, 0.29) is 6.42 Å². The first kappa shape index (κ1) is 11.9. The summed E-state index contributed by atoms with van der Waals surface area (Å²) in [6.07, 6.45) is 10.3. The fourth-order valence-electron chi connectivity index (χ4n) is 1.13. The number of hydrogen-bond acceptors (Lipinski definition) is 1. The van der Waals surface area contributed by atoms with Crippen molar-refractivity contribution in [3.05, 3.63) is 24.3 Å². The molecule has 0 radical (unpaired) electrons. The molecule has 0 aromatic carbocycles. The van der Waals surface area contributed by atoms with Crippen LogP contribution in [-0.4, -0.2) is 11.1 Å². The van der Waals surface area contributed by atoms with Crippen LogP contribution < -0.4 is 0 Å². The van der Waals surface area contributed by atoms with Crippen LogP contribution in [0.1, 0.15) is 33.1 Å². The first-order valence-electron chi connectivity index (χ1n) is 4.84. The number of carboxylic acid groups (broad SMARTS) is 1. The highest BCUT2D eigenvalue weighted by Crippen LogP contribution is 2.14. The lowest BCUT2D eigenvalue weighted by Gasteiger charge is -2.07.